The average molecular weight is 151 g/mol. The van der Waals surface area contributed by atoms with Gasteiger partial charge in [0, 0.05) is 13.1 Å². The van der Waals surface area contributed by atoms with Crippen LogP contribution in [0.25, 0.3) is 0 Å². The lowest BCUT2D eigenvalue weighted by atomic mass is 10.4. The molecule has 1 fully saturated rings. The van der Waals surface area contributed by atoms with E-state index in [2.05, 4.69) is 0 Å². The molecule has 9 heavy (non-hydrogen) atoms. The maximum Gasteiger partial charge on any atom is 0.314 e. The fraction of sp³-hybridized carbons (Fsp3) is 0.800. The van der Waals surface area contributed by atoms with Crippen LogP contribution in [-0.4, -0.2) is 24.0 Å². The third-order valence-electron chi connectivity index (χ3n) is 1.42. The minimum atomic E-state index is -0.275. The van der Waals surface area contributed by atoms with Crippen molar-refractivity contribution in [2.45, 2.75) is 12.8 Å². The fourth-order valence-electron chi connectivity index (χ4n) is 0.938. The smallest absolute Gasteiger partial charge is 0.314 e. The van der Waals surface area contributed by atoms with Gasteiger partial charge in [0.25, 0.3) is 0 Å². The summed E-state index contributed by atoms with van der Waals surface area (Å²) in [7, 11) is 0. The zero-order valence-electron chi connectivity index (χ0n) is 5.17. The predicted octanol–water partition coefficient (Wildman–Crippen LogP) is 0.583. The summed E-state index contributed by atoms with van der Waals surface area (Å²) in [5.74, 6) is 0. The SMILES string of the molecule is Cl.NC(=O)N1CCCC1. The third-order valence-corrected chi connectivity index (χ3v) is 1.42. The lowest BCUT2D eigenvalue weighted by Gasteiger charge is -2.09. The van der Waals surface area contributed by atoms with Crippen LogP contribution in [0.4, 0.5) is 4.79 Å². The van der Waals surface area contributed by atoms with Crippen LogP contribution in [0.3, 0.4) is 0 Å². The molecule has 3 nitrogen and oxygen atoms in total. The maximum atomic E-state index is 10.3. The Morgan fingerprint density at radius 2 is 1.78 bits per heavy atom. The van der Waals surface area contributed by atoms with Crippen molar-refractivity contribution in [3.63, 3.8) is 0 Å². The van der Waals surface area contributed by atoms with Crippen molar-refractivity contribution < 1.29 is 4.79 Å². The summed E-state index contributed by atoms with van der Waals surface area (Å²) in [6, 6.07) is -0.275. The number of rotatable bonds is 0. The van der Waals surface area contributed by atoms with Gasteiger partial charge in [-0.15, -0.1) is 12.4 Å². The average Bonchev–Trinajstić information content (AvgIpc) is 2.12. The molecule has 0 aromatic heterocycles. The molecule has 2 amide bonds. The predicted molar refractivity (Wildman–Crippen MR) is 37.6 cm³/mol. The van der Waals surface area contributed by atoms with Gasteiger partial charge in [-0.2, -0.15) is 0 Å². The molecule has 0 saturated carbocycles. The highest BCUT2D eigenvalue weighted by molar-refractivity contribution is 5.85. The lowest BCUT2D eigenvalue weighted by Crippen LogP contribution is -2.32. The molecule has 0 unspecified atom stereocenters. The Bertz CT molecular complexity index is 101. The minimum Gasteiger partial charge on any atom is -0.351 e. The molecule has 1 saturated heterocycles. The zero-order chi connectivity index (χ0) is 5.98. The molecule has 4 heteroatoms. The largest absolute Gasteiger partial charge is 0.351 e. The Morgan fingerprint density at radius 1 is 1.33 bits per heavy atom. The summed E-state index contributed by atoms with van der Waals surface area (Å²) in [6.45, 7) is 1.71. The monoisotopic (exact) mass is 150 g/mol. The Morgan fingerprint density at radius 3 is 2.00 bits per heavy atom. The molecule has 0 bridgehead atoms. The molecule has 2 N–H and O–H groups in total. The lowest BCUT2D eigenvalue weighted by molar-refractivity contribution is 0.218. The van der Waals surface area contributed by atoms with Crippen molar-refractivity contribution in [1.29, 1.82) is 0 Å². The summed E-state index contributed by atoms with van der Waals surface area (Å²) >= 11 is 0. The van der Waals surface area contributed by atoms with Gasteiger partial charge in [0.2, 0.25) is 0 Å². The van der Waals surface area contributed by atoms with Crippen LogP contribution < -0.4 is 5.73 Å². The molecule has 0 atom stereocenters. The van der Waals surface area contributed by atoms with E-state index in [0.29, 0.717) is 0 Å². The highest BCUT2D eigenvalue weighted by atomic mass is 35.5. The van der Waals surface area contributed by atoms with E-state index >= 15 is 0 Å². The number of primary amides is 1. The topological polar surface area (TPSA) is 46.3 Å². The molecule has 1 rings (SSSR count). The highest BCUT2D eigenvalue weighted by Gasteiger charge is 2.13. The van der Waals surface area contributed by atoms with Crippen LogP contribution in [-0.2, 0) is 0 Å². The van der Waals surface area contributed by atoms with Crippen LogP contribution in [0.15, 0.2) is 0 Å². The van der Waals surface area contributed by atoms with Crippen LogP contribution >= 0.6 is 12.4 Å². The Labute approximate surface area is 60.6 Å². The van der Waals surface area contributed by atoms with Crippen LogP contribution in [0.2, 0.25) is 0 Å². The quantitative estimate of drug-likeness (QED) is 0.540. The molecule has 0 aromatic carbocycles. The van der Waals surface area contributed by atoms with E-state index in [0.717, 1.165) is 25.9 Å². The van der Waals surface area contributed by atoms with Crippen molar-refractivity contribution in [2.24, 2.45) is 5.73 Å². The van der Waals surface area contributed by atoms with Gasteiger partial charge >= 0.3 is 6.03 Å². The molecule has 0 aromatic rings. The number of carbonyl (C=O) groups excluding carboxylic acids is 1. The van der Waals surface area contributed by atoms with E-state index in [-0.39, 0.29) is 18.4 Å². The Balaban J connectivity index is 0.000000640. The third kappa shape index (κ3) is 2.10. The summed E-state index contributed by atoms with van der Waals surface area (Å²) in [4.78, 5) is 12.0. The van der Waals surface area contributed by atoms with E-state index in [1.54, 1.807) is 4.90 Å². The summed E-state index contributed by atoms with van der Waals surface area (Å²) in [6.07, 6.45) is 2.23. The number of nitrogens with zero attached hydrogens (tertiary/aromatic N) is 1. The molecular formula is C5H11ClN2O. The first-order chi connectivity index (χ1) is 3.80. The number of urea groups is 1. The van der Waals surface area contributed by atoms with E-state index < -0.39 is 0 Å². The first-order valence-electron chi connectivity index (χ1n) is 2.85. The Kier molecular flexibility index (Phi) is 3.39. The molecule has 0 radical (unpaired) electrons. The van der Waals surface area contributed by atoms with Gasteiger partial charge in [-0.1, -0.05) is 0 Å². The number of carbonyl (C=O) groups is 1. The van der Waals surface area contributed by atoms with Gasteiger partial charge < -0.3 is 10.6 Å². The van der Waals surface area contributed by atoms with E-state index in [1.807, 2.05) is 0 Å². The second-order valence-corrected chi connectivity index (χ2v) is 2.03. The number of nitrogens with two attached hydrogens (primary N) is 1. The van der Waals surface area contributed by atoms with Gasteiger partial charge in [-0.3, -0.25) is 0 Å². The van der Waals surface area contributed by atoms with E-state index in [9.17, 15) is 4.79 Å². The van der Waals surface area contributed by atoms with E-state index in [1.165, 1.54) is 0 Å². The number of amides is 2. The number of hydrogen-bond acceptors (Lipinski definition) is 1. The molecule has 1 aliphatic rings. The fourth-order valence-corrected chi connectivity index (χ4v) is 0.938. The van der Waals surface area contributed by atoms with Crippen LogP contribution in [0.5, 0.6) is 0 Å². The number of halogens is 1. The number of hydrogen-bond donors (Lipinski definition) is 1. The van der Waals surface area contributed by atoms with Crippen molar-refractivity contribution in [2.75, 3.05) is 13.1 Å². The molecule has 0 aliphatic carbocycles. The van der Waals surface area contributed by atoms with Gasteiger partial charge in [0.1, 0.15) is 0 Å². The molecule has 0 spiro atoms. The zero-order valence-corrected chi connectivity index (χ0v) is 5.99. The summed E-state index contributed by atoms with van der Waals surface area (Å²) < 4.78 is 0. The minimum absolute atomic E-state index is 0. The maximum absolute atomic E-state index is 10.3. The molecule has 1 heterocycles. The van der Waals surface area contributed by atoms with Crippen molar-refractivity contribution in [3.05, 3.63) is 0 Å². The first kappa shape index (κ1) is 8.56. The van der Waals surface area contributed by atoms with Crippen molar-refractivity contribution in [1.82, 2.24) is 4.90 Å². The van der Waals surface area contributed by atoms with Gasteiger partial charge in [-0.05, 0) is 12.8 Å². The summed E-state index contributed by atoms with van der Waals surface area (Å²) in [5, 5.41) is 0. The number of likely N-dealkylation sites (tertiary alicyclic amines) is 1. The summed E-state index contributed by atoms with van der Waals surface area (Å²) in [5.41, 5.74) is 4.98. The second-order valence-electron chi connectivity index (χ2n) is 2.03. The Hall–Kier alpha value is -0.440. The van der Waals surface area contributed by atoms with Crippen LogP contribution in [0, 0.1) is 0 Å². The first-order valence-corrected chi connectivity index (χ1v) is 2.85. The van der Waals surface area contributed by atoms with Crippen molar-refractivity contribution >= 4 is 18.4 Å². The highest BCUT2D eigenvalue weighted by Crippen LogP contribution is 2.05. The van der Waals surface area contributed by atoms with Gasteiger partial charge in [0.15, 0.2) is 0 Å². The van der Waals surface area contributed by atoms with E-state index in [4.69, 9.17) is 5.73 Å². The van der Waals surface area contributed by atoms with Gasteiger partial charge in [0.05, 0.1) is 0 Å². The second kappa shape index (κ2) is 3.56. The normalized spacial score (nSPS) is 17.1. The standard InChI is InChI=1S/C5H10N2O.ClH/c6-5(8)7-3-1-2-4-7;/h1-4H2,(H2,6,8);1H. The van der Waals surface area contributed by atoms with Crippen LogP contribution in [0.1, 0.15) is 12.8 Å². The molecule has 54 valence electrons. The van der Waals surface area contributed by atoms with Gasteiger partial charge in [-0.25, -0.2) is 4.79 Å². The molecule has 1 aliphatic heterocycles. The van der Waals surface area contributed by atoms with Crippen molar-refractivity contribution in [3.8, 4) is 0 Å². The molecular weight excluding hydrogens is 140 g/mol.